The molecule has 1 aliphatic carbocycles. The van der Waals surface area contributed by atoms with Gasteiger partial charge in [-0.1, -0.05) is 55.0 Å². The Balaban J connectivity index is 1.75. The molecule has 1 aliphatic rings. The molecule has 0 saturated heterocycles. The molecule has 1 unspecified atom stereocenters. The molecule has 0 spiro atoms. The third-order valence-corrected chi connectivity index (χ3v) is 5.81. The van der Waals surface area contributed by atoms with Crippen molar-refractivity contribution in [3.63, 3.8) is 0 Å². The average molecular weight is 433 g/mol. The van der Waals surface area contributed by atoms with E-state index in [0.29, 0.717) is 5.78 Å². The van der Waals surface area contributed by atoms with Crippen molar-refractivity contribution in [3.05, 3.63) is 69.3 Å². The molecule has 24 heavy (non-hydrogen) atoms. The lowest BCUT2D eigenvalue weighted by Crippen LogP contribution is -2.34. The predicted molar refractivity (Wildman–Crippen MR) is 107 cm³/mol. The lowest BCUT2D eigenvalue weighted by atomic mass is 9.87. The van der Waals surface area contributed by atoms with Crippen molar-refractivity contribution < 1.29 is 4.79 Å². The Hall–Kier alpha value is -1.20. The minimum atomic E-state index is 0.212. The number of nitrogens with zero attached hydrogens (tertiary/aromatic N) is 1. The van der Waals surface area contributed by atoms with E-state index in [0.717, 1.165) is 38.9 Å². The fourth-order valence-electron chi connectivity index (χ4n) is 3.45. The van der Waals surface area contributed by atoms with Crippen LogP contribution in [-0.2, 0) is 17.9 Å². The van der Waals surface area contributed by atoms with E-state index < -0.39 is 0 Å². The van der Waals surface area contributed by atoms with Gasteiger partial charge in [0.2, 0.25) is 0 Å². The van der Waals surface area contributed by atoms with Crippen molar-refractivity contribution in [1.29, 1.82) is 0 Å². The Morgan fingerprint density at radius 1 is 0.958 bits per heavy atom. The number of carbonyl (C=O) groups excluding carboxylic acids is 1. The van der Waals surface area contributed by atoms with Crippen molar-refractivity contribution in [1.82, 2.24) is 4.90 Å². The van der Waals surface area contributed by atoms with Gasteiger partial charge in [-0.25, -0.2) is 0 Å². The summed E-state index contributed by atoms with van der Waals surface area (Å²) in [6.45, 7) is 2.67. The molecule has 1 fully saturated rings. The van der Waals surface area contributed by atoms with Gasteiger partial charge in [-0.2, -0.15) is 0 Å². The van der Waals surface area contributed by atoms with Crippen LogP contribution in [0.5, 0.6) is 0 Å². The number of benzene rings is 2. The van der Waals surface area contributed by atoms with Crippen LogP contribution in [0, 0.1) is 9.49 Å². The van der Waals surface area contributed by atoms with Crippen LogP contribution in [0.25, 0.3) is 0 Å². The molecule has 0 N–H and O–H groups in total. The molecule has 2 aromatic rings. The molecule has 0 radical (unpaired) electrons. The summed E-state index contributed by atoms with van der Waals surface area (Å²) in [4.78, 5) is 14.7. The van der Waals surface area contributed by atoms with Crippen molar-refractivity contribution in [2.75, 3.05) is 6.54 Å². The van der Waals surface area contributed by atoms with E-state index >= 15 is 0 Å². The summed E-state index contributed by atoms with van der Waals surface area (Å²) in [5.74, 6) is 0.672. The third-order valence-electron chi connectivity index (χ3n) is 4.76. The van der Waals surface area contributed by atoms with Crippen LogP contribution < -0.4 is 0 Å². The van der Waals surface area contributed by atoms with Crippen LogP contribution in [0.2, 0.25) is 0 Å². The molecular formula is C21H24INO. The van der Waals surface area contributed by atoms with Gasteiger partial charge in [-0.3, -0.25) is 9.69 Å². The van der Waals surface area contributed by atoms with E-state index in [1.807, 2.05) is 0 Å². The summed E-state index contributed by atoms with van der Waals surface area (Å²) in [7, 11) is 0. The van der Waals surface area contributed by atoms with Crippen LogP contribution in [0.15, 0.2) is 54.6 Å². The fourth-order valence-corrected chi connectivity index (χ4v) is 4.01. The largest absolute Gasteiger partial charge is 0.299 e. The molecule has 1 saturated carbocycles. The summed E-state index contributed by atoms with van der Waals surface area (Å²) >= 11 is 2.41. The molecule has 0 amide bonds. The molecule has 0 aromatic heterocycles. The summed E-state index contributed by atoms with van der Waals surface area (Å²) in [6, 6.07) is 19.1. The van der Waals surface area contributed by atoms with Crippen LogP contribution in [0.4, 0.5) is 0 Å². The highest BCUT2D eigenvalue weighted by Gasteiger charge is 2.24. The minimum Gasteiger partial charge on any atom is -0.299 e. The van der Waals surface area contributed by atoms with Crippen LogP contribution in [0.1, 0.15) is 36.8 Å². The number of hydrogen-bond acceptors (Lipinski definition) is 2. The predicted octanol–water partition coefficient (Wildman–Crippen LogP) is 5.05. The quantitative estimate of drug-likeness (QED) is 0.595. The highest BCUT2D eigenvalue weighted by Crippen LogP contribution is 2.24. The van der Waals surface area contributed by atoms with Gasteiger partial charge in [0.05, 0.1) is 0 Å². The zero-order valence-electron chi connectivity index (χ0n) is 14.0. The molecule has 3 rings (SSSR count). The van der Waals surface area contributed by atoms with E-state index in [-0.39, 0.29) is 5.92 Å². The lowest BCUT2D eigenvalue weighted by Gasteiger charge is -2.29. The average Bonchev–Trinajstić information content (AvgIpc) is 2.60. The number of hydrogen-bond donors (Lipinski definition) is 0. The molecule has 0 heterocycles. The zero-order chi connectivity index (χ0) is 16.8. The van der Waals surface area contributed by atoms with Gasteiger partial charge in [-0.05, 0) is 52.6 Å². The van der Waals surface area contributed by atoms with Crippen LogP contribution >= 0.6 is 22.6 Å². The first-order valence-corrected chi connectivity index (χ1v) is 9.82. The van der Waals surface area contributed by atoms with E-state index in [1.54, 1.807) is 0 Å². The number of ketones is 1. The Morgan fingerprint density at radius 2 is 1.71 bits per heavy atom. The first kappa shape index (κ1) is 17.6. The molecule has 1 atom stereocenters. The Labute approximate surface area is 158 Å². The summed E-state index contributed by atoms with van der Waals surface area (Å²) < 4.78 is 1.29. The molecule has 2 aromatic carbocycles. The Morgan fingerprint density at radius 3 is 2.46 bits per heavy atom. The van der Waals surface area contributed by atoms with Crippen molar-refractivity contribution >= 4 is 28.4 Å². The topological polar surface area (TPSA) is 20.3 Å². The molecule has 3 heteroatoms. The summed E-state index contributed by atoms with van der Waals surface area (Å²) in [6.07, 6.45) is 4.09. The summed E-state index contributed by atoms with van der Waals surface area (Å²) in [5, 5.41) is 0. The number of rotatable bonds is 6. The lowest BCUT2D eigenvalue weighted by molar-refractivity contribution is -0.125. The van der Waals surface area contributed by atoms with Gasteiger partial charge >= 0.3 is 0 Å². The van der Waals surface area contributed by atoms with E-state index in [1.165, 1.54) is 21.1 Å². The third kappa shape index (κ3) is 4.90. The molecular weight excluding hydrogens is 409 g/mol. The fraction of sp³-hybridized carbons (Fsp3) is 0.381. The Bertz CT molecular complexity index is 671. The first-order chi connectivity index (χ1) is 11.7. The number of Topliss-reactive ketones (excluding diaryl/α,β-unsaturated/α-hetero) is 1. The van der Waals surface area contributed by atoms with Crippen molar-refractivity contribution in [2.45, 2.75) is 38.8 Å². The zero-order valence-corrected chi connectivity index (χ0v) is 16.1. The molecule has 126 valence electrons. The maximum absolute atomic E-state index is 12.3. The van der Waals surface area contributed by atoms with Crippen LogP contribution in [0.3, 0.4) is 0 Å². The van der Waals surface area contributed by atoms with Crippen molar-refractivity contribution in [3.8, 4) is 0 Å². The van der Waals surface area contributed by atoms with E-state index in [2.05, 4.69) is 82.1 Å². The number of halogens is 1. The van der Waals surface area contributed by atoms with Crippen LogP contribution in [-0.4, -0.2) is 17.2 Å². The SMILES string of the molecule is O=C1CCCCC1CN(Cc1ccccc1)Cc1ccccc1I. The first-order valence-electron chi connectivity index (χ1n) is 8.75. The normalized spacial score (nSPS) is 18.1. The highest BCUT2D eigenvalue weighted by atomic mass is 127. The summed E-state index contributed by atoms with van der Waals surface area (Å²) in [5.41, 5.74) is 2.66. The monoisotopic (exact) mass is 433 g/mol. The molecule has 0 bridgehead atoms. The second-order valence-electron chi connectivity index (χ2n) is 6.66. The smallest absolute Gasteiger partial charge is 0.137 e. The van der Waals surface area contributed by atoms with Gasteiger partial charge in [-0.15, -0.1) is 0 Å². The van der Waals surface area contributed by atoms with E-state index in [4.69, 9.17) is 0 Å². The molecule has 2 nitrogen and oxygen atoms in total. The van der Waals surface area contributed by atoms with Gasteiger partial charge in [0.1, 0.15) is 5.78 Å². The molecule has 0 aliphatic heterocycles. The van der Waals surface area contributed by atoms with Gasteiger partial charge in [0.15, 0.2) is 0 Å². The number of carbonyl (C=O) groups is 1. The Kier molecular flexibility index (Phi) is 6.44. The maximum Gasteiger partial charge on any atom is 0.137 e. The van der Waals surface area contributed by atoms with Gasteiger partial charge in [0.25, 0.3) is 0 Å². The second-order valence-corrected chi connectivity index (χ2v) is 7.82. The van der Waals surface area contributed by atoms with Gasteiger partial charge in [0, 0.05) is 35.5 Å². The van der Waals surface area contributed by atoms with Crippen molar-refractivity contribution in [2.24, 2.45) is 5.92 Å². The van der Waals surface area contributed by atoms with E-state index in [9.17, 15) is 4.79 Å². The standard InChI is InChI=1S/C21H24INO/c22-20-12-6-4-10-18(20)15-23(14-17-8-2-1-3-9-17)16-19-11-5-7-13-21(19)24/h1-4,6,8-10,12,19H,5,7,11,13-16H2. The second kappa shape index (κ2) is 8.77. The highest BCUT2D eigenvalue weighted by molar-refractivity contribution is 14.1. The minimum absolute atomic E-state index is 0.212. The maximum atomic E-state index is 12.3. The van der Waals surface area contributed by atoms with Gasteiger partial charge < -0.3 is 0 Å².